The van der Waals surface area contributed by atoms with E-state index in [-0.39, 0.29) is 0 Å². The minimum atomic E-state index is 0.409. The van der Waals surface area contributed by atoms with Crippen LogP contribution in [0.15, 0.2) is 22.7 Å². The summed E-state index contributed by atoms with van der Waals surface area (Å²) in [5.41, 5.74) is 6.43. The molecule has 0 spiro atoms. The molecule has 1 aliphatic rings. The van der Waals surface area contributed by atoms with E-state index in [9.17, 15) is 0 Å². The Bertz CT molecular complexity index is 418. The van der Waals surface area contributed by atoms with E-state index in [0.29, 0.717) is 4.99 Å². The lowest BCUT2D eigenvalue weighted by molar-refractivity contribution is 0.221. The summed E-state index contributed by atoms with van der Waals surface area (Å²) in [5, 5.41) is 0. The van der Waals surface area contributed by atoms with Crippen LogP contribution >= 0.6 is 28.1 Å². The van der Waals surface area contributed by atoms with Gasteiger partial charge in [0.1, 0.15) is 10.7 Å². The molecule has 0 atom stereocenters. The molecule has 0 radical (unpaired) electrons. The van der Waals surface area contributed by atoms with Gasteiger partial charge in [-0.2, -0.15) is 0 Å². The van der Waals surface area contributed by atoms with Crippen LogP contribution in [0.2, 0.25) is 0 Å². The molecule has 0 heterocycles. The molecule has 0 saturated heterocycles. The lowest BCUT2D eigenvalue weighted by Gasteiger charge is -2.25. The number of thiocarbonyl (C=S) groups is 1. The van der Waals surface area contributed by atoms with Gasteiger partial charge in [0.05, 0.1) is 11.1 Å². The summed E-state index contributed by atoms with van der Waals surface area (Å²) in [7, 11) is 0. The van der Waals surface area contributed by atoms with Gasteiger partial charge in [-0.3, -0.25) is 0 Å². The lowest BCUT2D eigenvalue weighted by Crippen LogP contribution is -2.14. The third kappa shape index (κ3) is 3.42. The monoisotopic (exact) mass is 313 g/mol. The molecule has 1 aromatic rings. The zero-order valence-electron chi connectivity index (χ0n) is 9.62. The summed E-state index contributed by atoms with van der Waals surface area (Å²) in [6.45, 7) is 0.787. The van der Waals surface area contributed by atoms with E-state index >= 15 is 0 Å². The maximum atomic E-state index is 5.75. The second-order valence-corrected chi connectivity index (χ2v) is 5.74. The van der Waals surface area contributed by atoms with Gasteiger partial charge in [-0.05, 0) is 46.5 Å². The van der Waals surface area contributed by atoms with Gasteiger partial charge in [0, 0.05) is 5.56 Å². The quantitative estimate of drug-likeness (QED) is 0.843. The first-order valence-electron chi connectivity index (χ1n) is 5.89. The van der Waals surface area contributed by atoms with Crippen molar-refractivity contribution in [3.05, 3.63) is 28.2 Å². The summed E-state index contributed by atoms with van der Waals surface area (Å²) in [5.74, 6) is 1.74. The third-order valence-electron chi connectivity index (χ3n) is 3.22. The highest BCUT2D eigenvalue weighted by Gasteiger charge is 2.17. The van der Waals surface area contributed by atoms with Gasteiger partial charge in [0.15, 0.2) is 0 Å². The van der Waals surface area contributed by atoms with Crippen LogP contribution in [0.25, 0.3) is 0 Å². The van der Waals surface area contributed by atoms with Crippen molar-refractivity contribution in [1.82, 2.24) is 0 Å². The second-order valence-electron chi connectivity index (χ2n) is 4.44. The van der Waals surface area contributed by atoms with Crippen LogP contribution in [0.4, 0.5) is 0 Å². The van der Waals surface area contributed by atoms with Crippen molar-refractivity contribution in [2.45, 2.75) is 25.7 Å². The van der Waals surface area contributed by atoms with E-state index in [1.807, 2.05) is 18.2 Å². The van der Waals surface area contributed by atoms with Gasteiger partial charge in [0.25, 0.3) is 0 Å². The Labute approximate surface area is 116 Å². The fraction of sp³-hybridized carbons (Fsp3) is 0.462. The number of ether oxygens (including phenoxy) is 1. The van der Waals surface area contributed by atoms with E-state index in [1.54, 1.807) is 0 Å². The maximum absolute atomic E-state index is 5.75. The number of rotatable bonds is 5. The van der Waals surface area contributed by atoms with E-state index < -0.39 is 0 Å². The lowest BCUT2D eigenvalue weighted by atomic mass is 9.83. The molecule has 2 rings (SSSR count). The van der Waals surface area contributed by atoms with Gasteiger partial charge >= 0.3 is 0 Å². The van der Waals surface area contributed by atoms with Crippen LogP contribution < -0.4 is 10.5 Å². The molecule has 1 saturated carbocycles. The Balaban J connectivity index is 1.89. The number of hydrogen-bond donors (Lipinski definition) is 1. The minimum absolute atomic E-state index is 0.409. The molecule has 1 fully saturated rings. The molecule has 4 heteroatoms. The standard InChI is InChI=1S/C13H16BrNOS/c14-11-8-10(13(15)17)4-5-12(11)16-7-6-9-2-1-3-9/h4-5,8-9H,1-3,6-7H2,(H2,15,17). The molecule has 2 nitrogen and oxygen atoms in total. The first-order chi connectivity index (χ1) is 8.16. The van der Waals surface area contributed by atoms with E-state index in [2.05, 4.69) is 15.9 Å². The highest BCUT2D eigenvalue weighted by Crippen LogP contribution is 2.30. The highest BCUT2D eigenvalue weighted by molar-refractivity contribution is 9.10. The molecule has 92 valence electrons. The largest absolute Gasteiger partial charge is 0.492 e. The van der Waals surface area contributed by atoms with Crippen molar-refractivity contribution in [3.63, 3.8) is 0 Å². The Morgan fingerprint density at radius 3 is 2.76 bits per heavy atom. The fourth-order valence-corrected chi connectivity index (χ4v) is 2.51. The molecule has 0 aliphatic heterocycles. The highest BCUT2D eigenvalue weighted by atomic mass is 79.9. The predicted molar refractivity (Wildman–Crippen MR) is 77.5 cm³/mol. The summed E-state index contributed by atoms with van der Waals surface area (Å²) in [6.07, 6.45) is 5.27. The Kier molecular flexibility index (Phi) is 4.40. The smallest absolute Gasteiger partial charge is 0.133 e. The zero-order chi connectivity index (χ0) is 12.3. The molecule has 1 aromatic carbocycles. The summed E-state index contributed by atoms with van der Waals surface area (Å²) in [4.78, 5) is 0.409. The maximum Gasteiger partial charge on any atom is 0.133 e. The summed E-state index contributed by atoms with van der Waals surface area (Å²) < 4.78 is 6.66. The topological polar surface area (TPSA) is 35.2 Å². The zero-order valence-corrected chi connectivity index (χ0v) is 12.0. The fourth-order valence-electron chi connectivity index (χ4n) is 1.89. The molecule has 0 amide bonds. The average Bonchev–Trinajstić information content (AvgIpc) is 2.23. The normalized spacial score (nSPS) is 15.4. The minimum Gasteiger partial charge on any atom is -0.492 e. The van der Waals surface area contributed by atoms with Crippen LogP contribution in [0.1, 0.15) is 31.2 Å². The van der Waals surface area contributed by atoms with Crippen LogP contribution in [0.5, 0.6) is 5.75 Å². The summed E-state index contributed by atoms with van der Waals surface area (Å²) in [6, 6.07) is 5.71. The van der Waals surface area contributed by atoms with Crippen LogP contribution in [-0.4, -0.2) is 11.6 Å². The Hall–Kier alpha value is -0.610. The average molecular weight is 314 g/mol. The van der Waals surface area contributed by atoms with Crippen molar-refractivity contribution in [3.8, 4) is 5.75 Å². The van der Waals surface area contributed by atoms with Crippen molar-refractivity contribution in [2.75, 3.05) is 6.61 Å². The number of benzene rings is 1. The van der Waals surface area contributed by atoms with Gasteiger partial charge in [-0.25, -0.2) is 0 Å². The second kappa shape index (κ2) is 5.83. The molecular weight excluding hydrogens is 298 g/mol. The first-order valence-corrected chi connectivity index (χ1v) is 7.09. The SMILES string of the molecule is NC(=S)c1ccc(OCCC2CCC2)c(Br)c1. The van der Waals surface area contributed by atoms with Crippen LogP contribution in [0.3, 0.4) is 0 Å². The third-order valence-corrected chi connectivity index (χ3v) is 4.08. The Morgan fingerprint density at radius 1 is 1.47 bits per heavy atom. The first kappa shape index (κ1) is 12.8. The van der Waals surface area contributed by atoms with Crippen LogP contribution in [0, 0.1) is 5.92 Å². The van der Waals surface area contributed by atoms with E-state index in [0.717, 1.165) is 34.7 Å². The van der Waals surface area contributed by atoms with Crippen molar-refractivity contribution >= 4 is 33.1 Å². The van der Waals surface area contributed by atoms with Crippen molar-refractivity contribution in [2.24, 2.45) is 11.7 Å². The number of hydrogen-bond acceptors (Lipinski definition) is 2. The molecule has 0 bridgehead atoms. The van der Waals surface area contributed by atoms with E-state index in [1.165, 1.54) is 19.3 Å². The molecule has 2 N–H and O–H groups in total. The van der Waals surface area contributed by atoms with Gasteiger partial charge in [0.2, 0.25) is 0 Å². The number of nitrogens with two attached hydrogens (primary N) is 1. The molecule has 0 unspecified atom stereocenters. The van der Waals surface area contributed by atoms with Gasteiger partial charge in [-0.15, -0.1) is 0 Å². The van der Waals surface area contributed by atoms with Gasteiger partial charge < -0.3 is 10.5 Å². The predicted octanol–water partition coefficient (Wildman–Crippen LogP) is 3.65. The molecular formula is C13H16BrNOS. The molecule has 17 heavy (non-hydrogen) atoms. The van der Waals surface area contributed by atoms with Crippen LogP contribution in [-0.2, 0) is 0 Å². The van der Waals surface area contributed by atoms with Crippen molar-refractivity contribution < 1.29 is 4.74 Å². The molecule has 0 aromatic heterocycles. The van der Waals surface area contributed by atoms with Gasteiger partial charge in [-0.1, -0.05) is 31.5 Å². The number of halogens is 1. The van der Waals surface area contributed by atoms with E-state index in [4.69, 9.17) is 22.7 Å². The van der Waals surface area contributed by atoms with Crippen molar-refractivity contribution in [1.29, 1.82) is 0 Å². The Morgan fingerprint density at radius 2 is 2.24 bits per heavy atom. The summed E-state index contributed by atoms with van der Waals surface area (Å²) >= 11 is 8.40. The molecule has 1 aliphatic carbocycles.